The van der Waals surface area contributed by atoms with Gasteiger partial charge < -0.3 is 9.72 Å². The summed E-state index contributed by atoms with van der Waals surface area (Å²) in [4.78, 5) is 16.2. The second-order valence-corrected chi connectivity index (χ2v) is 7.03. The van der Waals surface area contributed by atoms with Crippen LogP contribution in [0.25, 0.3) is 17.0 Å². The molecule has 0 aliphatic rings. The number of benzene rings is 3. The number of aromatic nitrogens is 1. The zero-order valence-electron chi connectivity index (χ0n) is 16.3. The molecule has 1 heterocycles. The zero-order chi connectivity index (χ0) is 20.1. The van der Waals surface area contributed by atoms with E-state index in [1.54, 1.807) is 13.2 Å². The fourth-order valence-electron chi connectivity index (χ4n) is 3.65. The van der Waals surface area contributed by atoms with E-state index in [0.29, 0.717) is 6.42 Å². The molecule has 3 nitrogen and oxygen atoms in total. The summed E-state index contributed by atoms with van der Waals surface area (Å²) in [5.74, 6) is 0.900. The average molecular weight is 381 g/mol. The molecule has 1 unspecified atom stereocenters. The Morgan fingerprint density at radius 3 is 2.45 bits per heavy atom. The average Bonchev–Trinajstić information content (AvgIpc) is 3.21. The lowest BCUT2D eigenvalue weighted by molar-refractivity contribution is -0.114. The number of rotatable bonds is 7. The van der Waals surface area contributed by atoms with Crippen LogP contribution in [0.1, 0.15) is 29.0 Å². The molecule has 29 heavy (non-hydrogen) atoms. The van der Waals surface area contributed by atoms with E-state index in [0.717, 1.165) is 33.3 Å². The summed E-state index contributed by atoms with van der Waals surface area (Å²) in [5.41, 5.74) is 4.36. The molecule has 0 aliphatic heterocycles. The maximum Gasteiger partial charge on any atom is 0.156 e. The van der Waals surface area contributed by atoms with Crippen molar-refractivity contribution in [3.05, 3.63) is 108 Å². The van der Waals surface area contributed by atoms with Crippen LogP contribution in [-0.2, 0) is 4.79 Å². The molecule has 144 valence electrons. The van der Waals surface area contributed by atoms with Crippen molar-refractivity contribution in [3.63, 3.8) is 0 Å². The lowest BCUT2D eigenvalue weighted by atomic mass is 9.87. The SMILES string of the molecule is COc1ccc(/C=C/C(=O)CC(c2ccccc2)c2c[nH]c3ccccc23)cc1. The van der Waals surface area contributed by atoms with Crippen LogP contribution in [0, 0.1) is 0 Å². The van der Waals surface area contributed by atoms with Crippen LogP contribution in [0.4, 0.5) is 0 Å². The van der Waals surface area contributed by atoms with E-state index in [-0.39, 0.29) is 11.7 Å². The van der Waals surface area contributed by atoms with Crippen molar-refractivity contribution in [2.75, 3.05) is 7.11 Å². The molecule has 4 rings (SSSR count). The molecule has 1 N–H and O–H groups in total. The zero-order valence-corrected chi connectivity index (χ0v) is 16.3. The van der Waals surface area contributed by atoms with E-state index in [1.807, 2.05) is 66.9 Å². The van der Waals surface area contributed by atoms with Crippen molar-refractivity contribution in [2.24, 2.45) is 0 Å². The number of fused-ring (bicyclic) bond motifs is 1. The van der Waals surface area contributed by atoms with Gasteiger partial charge in [-0.15, -0.1) is 0 Å². The Morgan fingerprint density at radius 2 is 1.69 bits per heavy atom. The minimum atomic E-state index is 0.000340. The number of ketones is 1. The first-order chi connectivity index (χ1) is 14.2. The van der Waals surface area contributed by atoms with E-state index in [9.17, 15) is 4.79 Å². The minimum absolute atomic E-state index is 0.000340. The monoisotopic (exact) mass is 381 g/mol. The number of methoxy groups -OCH3 is 1. The molecule has 0 spiro atoms. The molecule has 1 aromatic heterocycles. The van der Waals surface area contributed by atoms with E-state index in [4.69, 9.17) is 4.74 Å². The lowest BCUT2D eigenvalue weighted by Crippen LogP contribution is -2.06. The predicted octanol–water partition coefficient (Wildman–Crippen LogP) is 5.98. The highest BCUT2D eigenvalue weighted by Crippen LogP contribution is 2.33. The quantitative estimate of drug-likeness (QED) is 0.400. The van der Waals surface area contributed by atoms with Crippen molar-refractivity contribution in [2.45, 2.75) is 12.3 Å². The first-order valence-corrected chi connectivity index (χ1v) is 9.70. The van der Waals surface area contributed by atoms with Gasteiger partial charge in [-0.2, -0.15) is 0 Å². The molecule has 1 atom stereocenters. The van der Waals surface area contributed by atoms with Gasteiger partial charge in [-0.25, -0.2) is 0 Å². The molecular formula is C26H23NO2. The van der Waals surface area contributed by atoms with Gasteiger partial charge in [0.25, 0.3) is 0 Å². The summed E-state index contributed by atoms with van der Waals surface area (Å²) in [6.45, 7) is 0. The Labute approximate surface area is 170 Å². The Kier molecular flexibility index (Phi) is 5.57. The van der Waals surface area contributed by atoms with Crippen LogP contribution in [0.3, 0.4) is 0 Å². The molecule has 0 fully saturated rings. The van der Waals surface area contributed by atoms with Gasteiger partial charge in [0.15, 0.2) is 5.78 Å². The standard InChI is InChI=1S/C26H23NO2/c1-29-22-15-12-19(13-16-22)11-14-21(28)17-24(20-7-3-2-4-8-20)25-18-27-26-10-6-5-9-23(25)26/h2-16,18,24,27H,17H2,1H3/b14-11+. The molecular weight excluding hydrogens is 358 g/mol. The molecule has 0 bridgehead atoms. The van der Waals surface area contributed by atoms with Crippen LogP contribution in [0.2, 0.25) is 0 Å². The van der Waals surface area contributed by atoms with Crippen molar-refractivity contribution in [3.8, 4) is 5.75 Å². The fraction of sp³-hybridized carbons (Fsp3) is 0.115. The minimum Gasteiger partial charge on any atom is -0.497 e. The number of para-hydroxylation sites is 1. The molecule has 3 heteroatoms. The summed E-state index contributed by atoms with van der Waals surface area (Å²) < 4.78 is 5.18. The predicted molar refractivity (Wildman–Crippen MR) is 118 cm³/mol. The highest BCUT2D eigenvalue weighted by atomic mass is 16.5. The number of nitrogens with one attached hydrogen (secondary N) is 1. The molecule has 0 radical (unpaired) electrons. The third kappa shape index (κ3) is 4.30. The summed E-state index contributed by atoms with van der Waals surface area (Å²) in [7, 11) is 1.64. The van der Waals surface area contributed by atoms with Crippen molar-refractivity contribution in [1.29, 1.82) is 0 Å². The topological polar surface area (TPSA) is 42.1 Å². The van der Waals surface area contributed by atoms with Crippen LogP contribution < -0.4 is 4.74 Å². The van der Waals surface area contributed by atoms with Gasteiger partial charge in [0.2, 0.25) is 0 Å². The van der Waals surface area contributed by atoms with E-state index < -0.39 is 0 Å². The number of carbonyl (C=O) groups excluding carboxylic acids is 1. The van der Waals surface area contributed by atoms with Crippen LogP contribution in [0.5, 0.6) is 5.75 Å². The van der Waals surface area contributed by atoms with Gasteiger partial charge in [-0.3, -0.25) is 4.79 Å². The highest BCUT2D eigenvalue weighted by Gasteiger charge is 2.20. The van der Waals surface area contributed by atoms with Crippen LogP contribution >= 0.6 is 0 Å². The molecule has 0 saturated heterocycles. The maximum atomic E-state index is 12.8. The van der Waals surface area contributed by atoms with E-state index in [2.05, 4.69) is 29.2 Å². The molecule has 4 aromatic rings. The van der Waals surface area contributed by atoms with Crippen molar-refractivity contribution < 1.29 is 9.53 Å². The number of aromatic amines is 1. The number of allylic oxidation sites excluding steroid dienone is 1. The molecule has 0 aliphatic carbocycles. The molecule has 0 amide bonds. The smallest absolute Gasteiger partial charge is 0.156 e. The van der Waals surface area contributed by atoms with Crippen molar-refractivity contribution >= 4 is 22.8 Å². The Morgan fingerprint density at radius 1 is 0.966 bits per heavy atom. The third-order valence-corrected chi connectivity index (χ3v) is 5.18. The largest absolute Gasteiger partial charge is 0.497 e. The molecule has 3 aromatic carbocycles. The number of hydrogen-bond acceptors (Lipinski definition) is 2. The number of carbonyl (C=O) groups is 1. The van der Waals surface area contributed by atoms with E-state index >= 15 is 0 Å². The van der Waals surface area contributed by atoms with Crippen LogP contribution in [-0.4, -0.2) is 17.9 Å². The Hall–Kier alpha value is -3.59. The second-order valence-electron chi connectivity index (χ2n) is 7.03. The van der Waals surface area contributed by atoms with Gasteiger partial charge in [0.1, 0.15) is 5.75 Å². The molecule has 0 saturated carbocycles. The summed E-state index contributed by atoms with van der Waals surface area (Å²) >= 11 is 0. The first-order valence-electron chi connectivity index (χ1n) is 9.70. The van der Waals surface area contributed by atoms with Gasteiger partial charge in [-0.05, 0) is 41.0 Å². The first kappa shape index (κ1) is 18.8. The van der Waals surface area contributed by atoms with Gasteiger partial charge >= 0.3 is 0 Å². The Bertz CT molecular complexity index is 1120. The third-order valence-electron chi connectivity index (χ3n) is 5.18. The van der Waals surface area contributed by atoms with Gasteiger partial charge in [0.05, 0.1) is 7.11 Å². The fourth-order valence-corrected chi connectivity index (χ4v) is 3.65. The maximum absolute atomic E-state index is 12.8. The Balaban J connectivity index is 1.60. The number of ether oxygens (including phenoxy) is 1. The number of hydrogen-bond donors (Lipinski definition) is 1. The van der Waals surface area contributed by atoms with Crippen molar-refractivity contribution in [1.82, 2.24) is 4.98 Å². The highest BCUT2D eigenvalue weighted by molar-refractivity contribution is 5.95. The second kappa shape index (κ2) is 8.61. The summed E-state index contributed by atoms with van der Waals surface area (Å²) in [6, 6.07) is 26.1. The van der Waals surface area contributed by atoms with Gasteiger partial charge in [0, 0.05) is 29.4 Å². The summed E-state index contributed by atoms with van der Waals surface area (Å²) in [5, 5.41) is 1.16. The normalized spacial score (nSPS) is 12.3. The summed E-state index contributed by atoms with van der Waals surface area (Å²) in [6.07, 6.45) is 5.98. The number of H-pyrrole nitrogens is 1. The van der Waals surface area contributed by atoms with Gasteiger partial charge in [-0.1, -0.05) is 66.7 Å². The lowest BCUT2D eigenvalue weighted by Gasteiger charge is -2.16. The van der Waals surface area contributed by atoms with E-state index in [1.165, 1.54) is 0 Å². The van der Waals surface area contributed by atoms with Crippen LogP contribution in [0.15, 0.2) is 91.1 Å².